The predicted molar refractivity (Wildman–Crippen MR) is 114 cm³/mol. The first-order valence-corrected chi connectivity index (χ1v) is 11.4. The molecule has 2 aromatic rings. The maximum atomic E-state index is 13.2. The molecule has 1 amide bonds. The minimum absolute atomic E-state index is 0.0602. The van der Waals surface area contributed by atoms with E-state index in [1.807, 2.05) is 31.2 Å². The Labute approximate surface area is 184 Å². The molecule has 0 N–H and O–H groups in total. The first kappa shape index (κ1) is 21.1. The summed E-state index contributed by atoms with van der Waals surface area (Å²) in [6.07, 6.45) is 0.400. The van der Waals surface area contributed by atoms with E-state index in [1.54, 1.807) is 11.8 Å². The molecule has 8 nitrogen and oxygen atoms in total. The third kappa shape index (κ3) is 4.06. The summed E-state index contributed by atoms with van der Waals surface area (Å²) < 4.78 is 6.56. The molecular formula is C20H24ClN5O3S. The zero-order valence-corrected chi connectivity index (χ0v) is 18.5. The number of nitrogens with zero attached hydrogens (tertiary/aromatic N) is 5. The number of amides is 1. The molecule has 30 heavy (non-hydrogen) atoms. The molecule has 0 aliphatic carbocycles. The number of aromatic nitrogens is 3. The van der Waals surface area contributed by atoms with E-state index in [4.69, 9.17) is 16.3 Å². The molecule has 10 heteroatoms. The zero-order valence-electron chi connectivity index (χ0n) is 17.0. The van der Waals surface area contributed by atoms with Crippen molar-refractivity contribution in [3.05, 3.63) is 40.7 Å². The molecule has 1 aromatic heterocycles. The lowest BCUT2D eigenvalue weighted by molar-refractivity contribution is 0.0600. The highest BCUT2D eigenvalue weighted by atomic mass is 35.5. The number of ether oxygens (including phenoxy) is 1. The van der Waals surface area contributed by atoms with Crippen LogP contribution in [0.3, 0.4) is 0 Å². The lowest BCUT2D eigenvalue weighted by atomic mass is 10.00. The Kier molecular flexibility index (Phi) is 6.31. The molecule has 0 bridgehead atoms. The minimum atomic E-state index is -0.360. The summed E-state index contributed by atoms with van der Waals surface area (Å²) in [4.78, 5) is 33.7. The van der Waals surface area contributed by atoms with Gasteiger partial charge in [0.15, 0.2) is 11.0 Å². The van der Waals surface area contributed by atoms with Crippen LogP contribution in [0.1, 0.15) is 36.1 Å². The van der Waals surface area contributed by atoms with Crippen molar-refractivity contribution in [3.8, 4) is 0 Å². The number of hydrogen-bond acceptors (Lipinski definition) is 7. The summed E-state index contributed by atoms with van der Waals surface area (Å²) in [6.45, 7) is 6.53. The van der Waals surface area contributed by atoms with Gasteiger partial charge in [-0.1, -0.05) is 42.4 Å². The SMILES string of the molecule is CCOC(=O)N1CCN(C(c2ccc(Cl)cc2)C2Sc3nc(CC)nn3C2=O)CC1. The number of benzene rings is 1. The number of hydrogen-bond donors (Lipinski definition) is 0. The van der Waals surface area contributed by atoms with E-state index in [1.165, 1.54) is 16.4 Å². The van der Waals surface area contributed by atoms with Crippen LogP contribution in [0.4, 0.5) is 4.79 Å². The maximum Gasteiger partial charge on any atom is 0.409 e. The number of fused-ring (bicyclic) bond motifs is 1. The summed E-state index contributed by atoms with van der Waals surface area (Å²) in [6, 6.07) is 7.44. The Hall–Kier alpha value is -2.10. The summed E-state index contributed by atoms with van der Waals surface area (Å²) in [7, 11) is 0. The maximum absolute atomic E-state index is 13.2. The first-order valence-electron chi connectivity index (χ1n) is 10.1. The van der Waals surface area contributed by atoms with Gasteiger partial charge in [0.05, 0.1) is 12.6 Å². The molecule has 1 aromatic carbocycles. The highest BCUT2D eigenvalue weighted by Gasteiger charge is 2.43. The van der Waals surface area contributed by atoms with Crippen LogP contribution in [0, 0.1) is 0 Å². The van der Waals surface area contributed by atoms with Crippen molar-refractivity contribution in [3.63, 3.8) is 0 Å². The van der Waals surface area contributed by atoms with Gasteiger partial charge in [0.2, 0.25) is 0 Å². The molecule has 0 radical (unpaired) electrons. The molecule has 1 saturated heterocycles. The fourth-order valence-electron chi connectivity index (χ4n) is 3.83. The van der Waals surface area contributed by atoms with Crippen molar-refractivity contribution in [2.75, 3.05) is 32.8 Å². The molecule has 0 spiro atoms. The zero-order chi connectivity index (χ0) is 21.3. The first-order chi connectivity index (χ1) is 14.5. The number of thioether (sulfide) groups is 1. The normalized spacial score (nSPS) is 20.3. The van der Waals surface area contributed by atoms with Crippen molar-refractivity contribution < 1.29 is 14.3 Å². The van der Waals surface area contributed by atoms with Gasteiger partial charge >= 0.3 is 6.09 Å². The molecule has 160 valence electrons. The van der Waals surface area contributed by atoms with E-state index in [0.29, 0.717) is 55.2 Å². The van der Waals surface area contributed by atoms with Crippen LogP contribution in [-0.4, -0.2) is 74.6 Å². The third-order valence-electron chi connectivity index (χ3n) is 5.35. The standard InChI is InChI=1S/C20H24ClN5O3S/c1-3-15-22-19-26(23-15)18(27)17(30-19)16(13-5-7-14(21)8-6-13)24-9-11-25(12-10-24)20(28)29-4-2/h5-8,16-17H,3-4,9-12H2,1-2H3. The molecule has 2 aliphatic rings. The van der Waals surface area contributed by atoms with Gasteiger partial charge in [0, 0.05) is 37.6 Å². The number of carbonyl (C=O) groups is 2. The van der Waals surface area contributed by atoms with Gasteiger partial charge in [0.25, 0.3) is 5.91 Å². The summed E-state index contributed by atoms with van der Waals surface area (Å²) in [5, 5.41) is 5.29. The molecular weight excluding hydrogens is 426 g/mol. The molecule has 1 fully saturated rings. The summed E-state index contributed by atoms with van der Waals surface area (Å²) >= 11 is 7.55. The fraction of sp³-hybridized carbons (Fsp3) is 0.500. The van der Waals surface area contributed by atoms with Crippen molar-refractivity contribution in [2.24, 2.45) is 0 Å². The lowest BCUT2D eigenvalue weighted by Gasteiger charge is -2.40. The number of aryl methyl sites for hydroxylation is 1. The Morgan fingerprint density at radius 2 is 1.93 bits per heavy atom. The van der Waals surface area contributed by atoms with Crippen LogP contribution in [0.5, 0.6) is 0 Å². The predicted octanol–water partition coefficient (Wildman–Crippen LogP) is 3.12. The van der Waals surface area contributed by atoms with Gasteiger partial charge in [-0.25, -0.2) is 9.78 Å². The fourth-order valence-corrected chi connectivity index (χ4v) is 5.23. The average molecular weight is 450 g/mol. The molecule has 3 heterocycles. The number of carbonyl (C=O) groups excluding carboxylic acids is 2. The van der Waals surface area contributed by atoms with Gasteiger partial charge in [0.1, 0.15) is 5.25 Å². The van der Waals surface area contributed by atoms with Crippen LogP contribution < -0.4 is 0 Å². The lowest BCUT2D eigenvalue weighted by Crippen LogP contribution is -2.52. The van der Waals surface area contributed by atoms with Crippen LogP contribution in [0.15, 0.2) is 29.4 Å². The van der Waals surface area contributed by atoms with E-state index in [9.17, 15) is 9.59 Å². The van der Waals surface area contributed by atoms with Crippen LogP contribution in [-0.2, 0) is 11.2 Å². The average Bonchev–Trinajstić information content (AvgIpc) is 3.29. The minimum Gasteiger partial charge on any atom is -0.450 e. The second-order valence-corrected chi connectivity index (χ2v) is 8.72. The van der Waals surface area contributed by atoms with Gasteiger partial charge in [-0.2, -0.15) is 4.68 Å². The Bertz CT molecular complexity index is 927. The third-order valence-corrected chi connectivity index (χ3v) is 6.79. The molecule has 4 rings (SSSR count). The number of halogens is 1. The topological polar surface area (TPSA) is 80.6 Å². The van der Waals surface area contributed by atoms with E-state index in [0.717, 1.165) is 5.56 Å². The highest BCUT2D eigenvalue weighted by Crippen LogP contribution is 2.41. The largest absolute Gasteiger partial charge is 0.450 e. The molecule has 2 atom stereocenters. The number of rotatable bonds is 5. The van der Waals surface area contributed by atoms with Gasteiger partial charge in [-0.15, -0.1) is 5.10 Å². The number of piperazine rings is 1. The Morgan fingerprint density at radius 3 is 2.53 bits per heavy atom. The highest BCUT2D eigenvalue weighted by molar-refractivity contribution is 8.00. The van der Waals surface area contributed by atoms with Gasteiger partial charge < -0.3 is 9.64 Å². The van der Waals surface area contributed by atoms with Crippen molar-refractivity contribution in [1.29, 1.82) is 0 Å². The monoisotopic (exact) mass is 449 g/mol. The van der Waals surface area contributed by atoms with Crippen molar-refractivity contribution in [2.45, 2.75) is 36.7 Å². The Morgan fingerprint density at radius 1 is 1.23 bits per heavy atom. The Balaban J connectivity index is 1.57. The molecule has 0 saturated carbocycles. The van der Waals surface area contributed by atoms with Crippen LogP contribution in [0.2, 0.25) is 5.02 Å². The van der Waals surface area contributed by atoms with E-state index in [-0.39, 0.29) is 23.3 Å². The molecule has 2 aliphatic heterocycles. The van der Waals surface area contributed by atoms with Crippen molar-refractivity contribution in [1.82, 2.24) is 24.6 Å². The quantitative estimate of drug-likeness (QED) is 0.693. The van der Waals surface area contributed by atoms with E-state index in [2.05, 4.69) is 15.0 Å². The van der Waals surface area contributed by atoms with E-state index >= 15 is 0 Å². The second-order valence-electron chi connectivity index (χ2n) is 7.17. The molecule has 2 unspecified atom stereocenters. The van der Waals surface area contributed by atoms with Crippen LogP contribution in [0.25, 0.3) is 0 Å². The van der Waals surface area contributed by atoms with Gasteiger partial charge in [-0.05, 0) is 24.6 Å². The summed E-state index contributed by atoms with van der Waals surface area (Å²) in [5.41, 5.74) is 1.01. The summed E-state index contributed by atoms with van der Waals surface area (Å²) in [5.74, 6) is 0.616. The van der Waals surface area contributed by atoms with Crippen molar-refractivity contribution >= 4 is 35.4 Å². The van der Waals surface area contributed by atoms with Crippen LogP contribution >= 0.6 is 23.4 Å². The van der Waals surface area contributed by atoms with E-state index < -0.39 is 0 Å². The second kappa shape index (κ2) is 8.95. The van der Waals surface area contributed by atoms with Gasteiger partial charge in [-0.3, -0.25) is 9.69 Å². The smallest absolute Gasteiger partial charge is 0.409 e.